The van der Waals surface area contributed by atoms with Gasteiger partial charge in [0.15, 0.2) is 0 Å². The Balaban J connectivity index is 0.000000749. The second-order valence-electron chi connectivity index (χ2n) is 6.24. The summed E-state index contributed by atoms with van der Waals surface area (Å²) in [6.45, 7) is 2.86. The minimum absolute atomic E-state index is 0.321. The molecule has 0 bridgehead atoms. The lowest BCUT2D eigenvalue weighted by atomic mass is 10.1. The molecule has 0 spiro atoms. The van der Waals surface area contributed by atoms with Crippen LogP contribution < -0.4 is 15.8 Å². The zero-order valence-electron chi connectivity index (χ0n) is 16.1. The molecule has 0 aliphatic carbocycles. The Kier molecular flexibility index (Phi) is 10.4. The standard InChI is InChI=1S/C18H20Cl2N2O2.CH4O3S/c1-12(18(21)23)22-9-8-13-2-5-15(6-3-13)24-11-14-4-7-16(19)17(20)10-14;1-5(2,3)4/h2-7,10,12,22H,8-9,11H2,1H3,(H2,21,23);1H3,(H,2,3,4). The number of amides is 1. The van der Waals surface area contributed by atoms with Crippen LogP contribution in [0.2, 0.25) is 10.0 Å². The first-order chi connectivity index (χ1) is 13.5. The number of carbonyl (C=O) groups is 1. The molecule has 0 aliphatic rings. The summed E-state index contributed by atoms with van der Waals surface area (Å²) in [5, 5.41) is 4.12. The van der Waals surface area contributed by atoms with E-state index < -0.39 is 10.1 Å². The molecule has 1 atom stereocenters. The van der Waals surface area contributed by atoms with Crippen molar-refractivity contribution in [1.82, 2.24) is 5.32 Å². The second kappa shape index (κ2) is 12.0. The van der Waals surface area contributed by atoms with Crippen LogP contribution in [0.25, 0.3) is 0 Å². The van der Waals surface area contributed by atoms with E-state index in [0.29, 0.717) is 29.5 Å². The van der Waals surface area contributed by atoms with Crippen LogP contribution in [-0.4, -0.2) is 37.7 Å². The number of halogens is 2. The third-order valence-corrected chi connectivity index (χ3v) is 4.34. The van der Waals surface area contributed by atoms with Gasteiger partial charge in [-0.1, -0.05) is 41.4 Å². The van der Waals surface area contributed by atoms with Crippen molar-refractivity contribution in [2.24, 2.45) is 5.73 Å². The number of hydrogen-bond acceptors (Lipinski definition) is 5. The number of primary amides is 1. The zero-order valence-corrected chi connectivity index (χ0v) is 18.4. The van der Waals surface area contributed by atoms with Crippen molar-refractivity contribution in [2.75, 3.05) is 12.8 Å². The van der Waals surface area contributed by atoms with Crippen LogP contribution in [0, 0.1) is 0 Å². The summed E-state index contributed by atoms with van der Waals surface area (Å²) in [6.07, 6.45) is 1.53. The number of rotatable bonds is 8. The Labute approximate surface area is 180 Å². The second-order valence-corrected chi connectivity index (χ2v) is 8.52. The number of benzene rings is 2. The van der Waals surface area contributed by atoms with Gasteiger partial charge in [0.05, 0.1) is 22.3 Å². The molecule has 0 saturated carbocycles. The fourth-order valence-corrected chi connectivity index (χ4v) is 2.40. The van der Waals surface area contributed by atoms with Gasteiger partial charge in [0, 0.05) is 0 Å². The first kappa shape index (κ1) is 25.2. The smallest absolute Gasteiger partial charge is 0.261 e. The summed E-state index contributed by atoms with van der Waals surface area (Å²) in [5.41, 5.74) is 7.31. The van der Waals surface area contributed by atoms with Crippen LogP contribution in [0.5, 0.6) is 5.75 Å². The molecular formula is C19H24Cl2N2O5S. The lowest BCUT2D eigenvalue weighted by Gasteiger charge is -2.10. The maximum absolute atomic E-state index is 10.9. The largest absolute Gasteiger partial charge is 0.489 e. The predicted octanol–water partition coefficient (Wildman–Crippen LogP) is 3.08. The molecule has 1 unspecified atom stereocenters. The first-order valence-electron chi connectivity index (χ1n) is 8.56. The first-order valence-corrected chi connectivity index (χ1v) is 11.2. The molecule has 160 valence electrons. The summed E-state index contributed by atoms with van der Waals surface area (Å²) in [4.78, 5) is 10.9. The molecule has 2 rings (SSSR count). The van der Waals surface area contributed by atoms with Crippen molar-refractivity contribution < 1.29 is 22.5 Å². The van der Waals surface area contributed by atoms with Crippen molar-refractivity contribution in [3.8, 4) is 5.75 Å². The van der Waals surface area contributed by atoms with Crippen LogP contribution >= 0.6 is 23.2 Å². The molecule has 7 nitrogen and oxygen atoms in total. The number of nitrogens with two attached hydrogens (primary N) is 1. The molecule has 2 aromatic carbocycles. The van der Waals surface area contributed by atoms with Gasteiger partial charge < -0.3 is 15.8 Å². The van der Waals surface area contributed by atoms with E-state index in [4.69, 9.17) is 38.2 Å². The molecule has 29 heavy (non-hydrogen) atoms. The van der Waals surface area contributed by atoms with Gasteiger partial charge in [0.25, 0.3) is 10.1 Å². The molecule has 10 heteroatoms. The number of ether oxygens (including phenoxy) is 1. The molecule has 0 radical (unpaired) electrons. The number of nitrogens with one attached hydrogen (secondary N) is 1. The maximum Gasteiger partial charge on any atom is 0.261 e. The minimum atomic E-state index is -3.67. The molecule has 0 aromatic heterocycles. The third-order valence-electron chi connectivity index (χ3n) is 3.60. The van der Waals surface area contributed by atoms with Crippen LogP contribution in [0.4, 0.5) is 0 Å². The fourth-order valence-electron chi connectivity index (χ4n) is 2.08. The Bertz CT molecular complexity index is 897. The van der Waals surface area contributed by atoms with Crippen LogP contribution in [0.15, 0.2) is 42.5 Å². The molecule has 2 aromatic rings. The van der Waals surface area contributed by atoms with Crippen LogP contribution in [0.1, 0.15) is 18.1 Å². The normalized spacial score (nSPS) is 11.9. The summed E-state index contributed by atoms with van der Waals surface area (Å²) < 4.78 is 31.6. The van der Waals surface area contributed by atoms with E-state index in [2.05, 4.69) is 5.32 Å². The highest BCUT2D eigenvalue weighted by atomic mass is 35.5. The van der Waals surface area contributed by atoms with Crippen molar-refractivity contribution in [1.29, 1.82) is 0 Å². The highest BCUT2D eigenvalue weighted by Gasteiger charge is 2.06. The average Bonchev–Trinajstić information content (AvgIpc) is 2.62. The number of hydrogen-bond donors (Lipinski definition) is 3. The number of carbonyl (C=O) groups excluding carboxylic acids is 1. The Morgan fingerprint density at radius 3 is 2.21 bits per heavy atom. The summed E-state index contributed by atoms with van der Waals surface area (Å²) >= 11 is 11.9. The highest BCUT2D eigenvalue weighted by Crippen LogP contribution is 2.23. The lowest BCUT2D eigenvalue weighted by Crippen LogP contribution is -2.39. The SMILES string of the molecule is CC(NCCc1ccc(OCc2ccc(Cl)c(Cl)c2)cc1)C(N)=O.CS(=O)(=O)O. The predicted molar refractivity (Wildman–Crippen MR) is 115 cm³/mol. The van der Waals surface area contributed by atoms with Gasteiger partial charge in [0.1, 0.15) is 12.4 Å². The Hall–Kier alpha value is -1.84. The molecule has 0 heterocycles. The minimum Gasteiger partial charge on any atom is -0.489 e. The van der Waals surface area contributed by atoms with Gasteiger partial charge in [-0.15, -0.1) is 0 Å². The Morgan fingerprint density at radius 1 is 1.14 bits per heavy atom. The van der Waals surface area contributed by atoms with E-state index >= 15 is 0 Å². The molecular weight excluding hydrogens is 439 g/mol. The highest BCUT2D eigenvalue weighted by molar-refractivity contribution is 7.85. The van der Waals surface area contributed by atoms with E-state index in [0.717, 1.165) is 23.3 Å². The monoisotopic (exact) mass is 462 g/mol. The molecule has 0 saturated heterocycles. The van der Waals surface area contributed by atoms with Crippen molar-refractivity contribution in [3.05, 3.63) is 63.6 Å². The maximum atomic E-state index is 10.9. The van der Waals surface area contributed by atoms with Crippen molar-refractivity contribution >= 4 is 39.2 Å². The fraction of sp³-hybridized carbons (Fsp3) is 0.316. The topological polar surface area (TPSA) is 119 Å². The van der Waals surface area contributed by atoms with Gasteiger partial charge in [-0.05, 0) is 55.3 Å². The van der Waals surface area contributed by atoms with Gasteiger partial charge in [-0.2, -0.15) is 8.42 Å². The van der Waals surface area contributed by atoms with Crippen molar-refractivity contribution in [3.63, 3.8) is 0 Å². The van der Waals surface area contributed by atoms with E-state index in [-0.39, 0.29) is 11.9 Å². The Morgan fingerprint density at radius 2 is 1.69 bits per heavy atom. The molecule has 0 fully saturated rings. The summed E-state index contributed by atoms with van der Waals surface area (Å²) in [6, 6.07) is 13.0. The zero-order chi connectivity index (χ0) is 22.0. The van der Waals surface area contributed by atoms with Gasteiger partial charge in [-0.3, -0.25) is 9.35 Å². The van der Waals surface area contributed by atoms with Gasteiger partial charge in [-0.25, -0.2) is 0 Å². The molecule has 1 amide bonds. The molecule has 4 N–H and O–H groups in total. The van der Waals surface area contributed by atoms with Crippen molar-refractivity contribution in [2.45, 2.75) is 26.0 Å². The van der Waals surface area contributed by atoms with E-state index in [9.17, 15) is 13.2 Å². The van der Waals surface area contributed by atoms with E-state index in [1.54, 1.807) is 19.1 Å². The lowest BCUT2D eigenvalue weighted by molar-refractivity contribution is -0.119. The van der Waals surface area contributed by atoms with Gasteiger partial charge in [0.2, 0.25) is 5.91 Å². The quantitative estimate of drug-likeness (QED) is 0.518. The summed E-state index contributed by atoms with van der Waals surface area (Å²) in [5.74, 6) is 0.435. The molecule has 0 aliphatic heterocycles. The summed E-state index contributed by atoms with van der Waals surface area (Å²) in [7, 11) is -3.67. The third kappa shape index (κ3) is 11.7. The van der Waals surface area contributed by atoms with Crippen LogP contribution in [0.3, 0.4) is 0 Å². The van der Waals surface area contributed by atoms with Crippen LogP contribution in [-0.2, 0) is 27.9 Å². The van der Waals surface area contributed by atoms with E-state index in [1.807, 2.05) is 30.3 Å². The van der Waals surface area contributed by atoms with Gasteiger partial charge >= 0.3 is 0 Å². The van der Waals surface area contributed by atoms with E-state index in [1.165, 1.54) is 0 Å². The average molecular weight is 463 g/mol.